The summed E-state index contributed by atoms with van der Waals surface area (Å²) in [6, 6.07) is 4.55. The molecule has 2 N–H and O–H groups in total. The van der Waals surface area contributed by atoms with Crippen LogP contribution in [-0.2, 0) is 16.1 Å². The highest BCUT2D eigenvalue weighted by molar-refractivity contribution is 5.86. The van der Waals surface area contributed by atoms with Crippen molar-refractivity contribution in [2.45, 2.75) is 24.9 Å². The van der Waals surface area contributed by atoms with Gasteiger partial charge in [0.1, 0.15) is 11.6 Å². The van der Waals surface area contributed by atoms with Gasteiger partial charge in [-0.25, -0.2) is 4.39 Å². The van der Waals surface area contributed by atoms with E-state index in [9.17, 15) is 9.18 Å². The van der Waals surface area contributed by atoms with Gasteiger partial charge in [0.05, 0.1) is 12.6 Å². The number of nitrogens with zero attached hydrogens (tertiary/aromatic N) is 2. The fourth-order valence-corrected chi connectivity index (χ4v) is 3.49. The molecule has 1 amide bonds. The lowest BCUT2D eigenvalue weighted by atomic mass is 9.89. The third-order valence-electron chi connectivity index (χ3n) is 5.11. The quantitative estimate of drug-likeness (QED) is 0.799. The van der Waals surface area contributed by atoms with E-state index in [1.54, 1.807) is 13.2 Å². The Morgan fingerprint density at radius 3 is 2.44 bits per heavy atom. The fourth-order valence-electron chi connectivity index (χ4n) is 3.49. The van der Waals surface area contributed by atoms with E-state index in [0.717, 1.165) is 18.7 Å². The molecule has 154 valence electrons. The average Bonchev–Trinajstić information content (AvgIpc) is 2.63. The van der Waals surface area contributed by atoms with Crippen molar-refractivity contribution < 1.29 is 18.7 Å². The van der Waals surface area contributed by atoms with Crippen molar-refractivity contribution >= 4 is 30.7 Å². The predicted molar refractivity (Wildman–Crippen MR) is 106 cm³/mol. The van der Waals surface area contributed by atoms with Crippen LogP contribution >= 0.6 is 24.8 Å². The minimum absolute atomic E-state index is 0. The molecule has 0 saturated carbocycles. The van der Waals surface area contributed by atoms with Gasteiger partial charge in [-0.2, -0.15) is 0 Å². The smallest absolute Gasteiger partial charge is 0.242 e. The average molecular weight is 424 g/mol. The van der Waals surface area contributed by atoms with Gasteiger partial charge in [-0.3, -0.25) is 9.69 Å². The van der Waals surface area contributed by atoms with E-state index >= 15 is 0 Å². The number of carbonyl (C=O) groups is 1. The molecule has 6 nitrogen and oxygen atoms in total. The van der Waals surface area contributed by atoms with Crippen LogP contribution < -0.4 is 10.5 Å². The first-order chi connectivity index (χ1) is 12.0. The van der Waals surface area contributed by atoms with Gasteiger partial charge in [-0.05, 0) is 31.0 Å². The minimum Gasteiger partial charge on any atom is -0.496 e. The van der Waals surface area contributed by atoms with Crippen LogP contribution in [0.3, 0.4) is 0 Å². The summed E-state index contributed by atoms with van der Waals surface area (Å²) in [5.41, 5.74) is 6.34. The normalized spacial score (nSPS) is 19.6. The number of hydrogen-bond donors (Lipinski definition) is 1. The van der Waals surface area contributed by atoms with Crippen LogP contribution in [0, 0.1) is 5.82 Å². The number of benzene rings is 1. The number of halogens is 3. The molecule has 2 heterocycles. The van der Waals surface area contributed by atoms with Crippen molar-refractivity contribution in [3.8, 4) is 5.75 Å². The number of nitrogens with two attached hydrogens (primary N) is 1. The van der Waals surface area contributed by atoms with Gasteiger partial charge in [0.15, 0.2) is 0 Å². The van der Waals surface area contributed by atoms with Crippen molar-refractivity contribution in [1.82, 2.24) is 9.80 Å². The Balaban J connectivity index is 0.00000182. The molecule has 0 bridgehead atoms. The summed E-state index contributed by atoms with van der Waals surface area (Å²) in [5, 5.41) is 0. The Hall–Kier alpha value is -1.12. The maximum atomic E-state index is 13.5. The highest BCUT2D eigenvalue weighted by atomic mass is 35.5. The van der Waals surface area contributed by atoms with Crippen LogP contribution in [0.4, 0.5) is 4.39 Å². The van der Waals surface area contributed by atoms with Crippen LogP contribution in [0.15, 0.2) is 18.2 Å². The molecule has 0 radical (unpaired) electrons. The molecule has 2 aliphatic heterocycles. The number of piperazine rings is 1. The molecule has 2 fully saturated rings. The Labute approximate surface area is 172 Å². The first kappa shape index (κ1) is 23.9. The molecule has 0 aromatic heterocycles. The van der Waals surface area contributed by atoms with E-state index in [-0.39, 0.29) is 36.5 Å². The predicted octanol–water partition coefficient (Wildman–Crippen LogP) is 1.83. The Morgan fingerprint density at radius 2 is 1.85 bits per heavy atom. The summed E-state index contributed by atoms with van der Waals surface area (Å²) in [6.45, 7) is 4.43. The van der Waals surface area contributed by atoms with E-state index in [1.165, 1.54) is 12.1 Å². The number of amides is 1. The van der Waals surface area contributed by atoms with Crippen LogP contribution in [0.5, 0.6) is 5.75 Å². The topological polar surface area (TPSA) is 68.0 Å². The lowest BCUT2D eigenvalue weighted by Gasteiger charge is -2.41. The summed E-state index contributed by atoms with van der Waals surface area (Å²) in [5.74, 6) is 0.441. The summed E-state index contributed by atoms with van der Waals surface area (Å²) < 4.78 is 24.1. The van der Waals surface area contributed by atoms with Crippen molar-refractivity contribution in [2.24, 2.45) is 5.73 Å². The Kier molecular flexibility index (Phi) is 9.24. The summed E-state index contributed by atoms with van der Waals surface area (Å²) in [4.78, 5) is 16.8. The monoisotopic (exact) mass is 423 g/mol. The molecular formula is C18H28Cl2FN3O3. The van der Waals surface area contributed by atoms with E-state index in [1.807, 2.05) is 4.90 Å². The Morgan fingerprint density at radius 1 is 1.22 bits per heavy atom. The van der Waals surface area contributed by atoms with Gasteiger partial charge >= 0.3 is 0 Å². The fraction of sp³-hybridized carbons (Fsp3) is 0.611. The lowest BCUT2D eigenvalue weighted by Crippen LogP contribution is -2.61. The summed E-state index contributed by atoms with van der Waals surface area (Å²) >= 11 is 0. The Bertz CT molecular complexity index is 622. The number of carbonyl (C=O) groups excluding carboxylic acids is 1. The minimum atomic E-state index is -0.786. The molecule has 0 spiro atoms. The zero-order chi connectivity index (χ0) is 17.9. The second kappa shape index (κ2) is 10.4. The van der Waals surface area contributed by atoms with Gasteiger partial charge in [0, 0.05) is 51.5 Å². The SMILES string of the molecule is COc1ccc(F)cc1CN1CCN(C(=O)C2(N)CCOCC2)CC1.Cl.Cl. The molecule has 9 heteroatoms. The molecule has 0 unspecified atom stereocenters. The number of rotatable bonds is 4. The maximum absolute atomic E-state index is 13.5. The maximum Gasteiger partial charge on any atom is 0.242 e. The number of methoxy groups -OCH3 is 1. The molecule has 1 aromatic rings. The van der Waals surface area contributed by atoms with E-state index in [2.05, 4.69) is 4.90 Å². The van der Waals surface area contributed by atoms with Crippen LogP contribution in [0.2, 0.25) is 0 Å². The van der Waals surface area contributed by atoms with E-state index in [4.69, 9.17) is 15.2 Å². The van der Waals surface area contributed by atoms with Crippen LogP contribution in [0.1, 0.15) is 18.4 Å². The molecule has 2 aliphatic rings. The number of ether oxygens (including phenoxy) is 2. The highest BCUT2D eigenvalue weighted by Crippen LogP contribution is 2.24. The van der Waals surface area contributed by atoms with Crippen LogP contribution in [0.25, 0.3) is 0 Å². The zero-order valence-electron chi connectivity index (χ0n) is 15.5. The van der Waals surface area contributed by atoms with Gasteiger partial charge < -0.3 is 20.1 Å². The van der Waals surface area contributed by atoms with Crippen molar-refractivity contribution in [2.75, 3.05) is 46.5 Å². The first-order valence-corrected chi connectivity index (χ1v) is 8.72. The van der Waals surface area contributed by atoms with E-state index in [0.29, 0.717) is 51.4 Å². The highest BCUT2D eigenvalue weighted by Gasteiger charge is 2.39. The second-order valence-corrected chi connectivity index (χ2v) is 6.79. The van der Waals surface area contributed by atoms with Crippen molar-refractivity contribution in [3.05, 3.63) is 29.6 Å². The second-order valence-electron chi connectivity index (χ2n) is 6.79. The third-order valence-corrected chi connectivity index (χ3v) is 5.11. The van der Waals surface area contributed by atoms with Gasteiger partial charge in [-0.15, -0.1) is 24.8 Å². The summed E-state index contributed by atoms with van der Waals surface area (Å²) in [7, 11) is 1.59. The zero-order valence-corrected chi connectivity index (χ0v) is 17.1. The third kappa shape index (κ3) is 5.68. The molecular weight excluding hydrogens is 396 g/mol. The molecule has 27 heavy (non-hydrogen) atoms. The van der Waals surface area contributed by atoms with Gasteiger partial charge in [-0.1, -0.05) is 0 Å². The molecule has 0 aliphatic carbocycles. The molecule has 0 atom stereocenters. The lowest BCUT2D eigenvalue weighted by molar-refractivity contribution is -0.142. The number of hydrogen-bond acceptors (Lipinski definition) is 5. The first-order valence-electron chi connectivity index (χ1n) is 8.72. The van der Waals surface area contributed by atoms with Crippen molar-refractivity contribution in [3.63, 3.8) is 0 Å². The van der Waals surface area contributed by atoms with E-state index < -0.39 is 5.54 Å². The largest absolute Gasteiger partial charge is 0.496 e. The van der Waals surface area contributed by atoms with Gasteiger partial charge in [0.2, 0.25) is 5.91 Å². The molecule has 1 aromatic carbocycles. The molecule has 2 saturated heterocycles. The van der Waals surface area contributed by atoms with Crippen molar-refractivity contribution in [1.29, 1.82) is 0 Å². The summed E-state index contributed by atoms with van der Waals surface area (Å²) in [6.07, 6.45) is 1.15. The molecule has 3 rings (SSSR count). The van der Waals surface area contributed by atoms with Crippen LogP contribution in [-0.4, -0.2) is 67.7 Å². The standard InChI is InChI=1S/C18H26FN3O3.2ClH/c1-24-16-3-2-15(19)12-14(16)13-21-6-8-22(9-7-21)17(23)18(20)4-10-25-11-5-18;;/h2-3,12H,4-11,13,20H2,1H3;2*1H. The van der Waals surface area contributed by atoms with Gasteiger partial charge in [0.25, 0.3) is 0 Å².